The number of aliphatic hydroxyl groups is 1. The Morgan fingerprint density at radius 2 is 1.69 bits per heavy atom. The largest absolute Gasteiger partial charge is 0.495 e. The summed E-state index contributed by atoms with van der Waals surface area (Å²) in [6.45, 7) is 4.03. The number of aliphatic carboxylic acids is 1. The number of hydrogen-bond acceptors (Lipinski definition) is 6. The van der Waals surface area contributed by atoms with Crippen molar-refractivity contribution in [1.82, 2.24) is 4.90 Å². The number of piperazine rings is 1. The van der Waals surface area contributed by atoms with Gasteiger partial charge in [-0.2, -0.15) is 0 Å². The second-order valence-corrected chi connectivity index (χ2v) is 7.10. The third-order valence-electron chi connectivity index (χ3n) is 5.01. The highest BCUT2D eigenvalue weighted by Gasteiger charge is 2.21. The first-order chi connectivity index (χ1) is 14.1. The van der Waals surface area contributed by atoms with E-state index in [2.05, 4.69) is 15.9 Å². The molecule has 2 aromatic carbocycles. The van der Waals surface area contributed by atoms with Crippen molar-refractivity contribution in [3.63, 3.8) is 0 Å². The molecule has 0 aromatic heterocycles. The van der Waals surface area contributed by atoms with Crippen LogP contribution in [0.15, 0.2) is 48.5 Å². The molecule has 1 atom stereocenters. The van der Waals surface area contributed by atoms with E-state index in [-0.39, 0.29) is 13.0 Å². The second kappa shape index (κ2) is 10.1. The molecule has 0 spiro atoms. The van der Waals surface area contributed by atoms with Gasteiger partial charge in [0, 0.05) is 38.3 Å². The van der Waals surface area contributed by atoms with Crippen LogP contribution in [0.2, 0.25) is 0 Å². The minimum Gasteiger partial charge on any atom is -0.495 e. The highest BCUT2D eigenvalue weighted by atomic mass is 16.5. The summed E-state index contributed by atoms with van der Waals surface area (Å²) in [5.74, 6) is 0.471. The lowest BCUT2D eigenvalue weighted by atomic mass is 10.1. The fourth-order valence-electron chi connectivity index (χ4n) is 3.55. The Kier molecular flexibility index (Phi) is 7.32. The molecule has 29 heavy (non-hydrogen) atoms. The first-order valence-electron chi connectivity index (χ1n) is 9.77. The molecule has 1 fully saturated rings. The summed E-state index contributed by atoms with van der Waals surface area (Å²) in [4.78, 5) is 15.5. The highest BCUT2D eigenvalue weighted by molar-refractivity contribution is 5.71. The molecule has 0 aliphatic carbocycles. The average molecular weight is 400 g/mol. The van der Waals surface area contributed by atoms with Crippen molar-refractivity contribution in [2.45, 2.75) is 12.5 Å². The summed E-state index contributed by atoms with van der Waals surface area (Å²) < 4.78 is 11.1. The first-order valence-corrected chi connectivity index (χ1v) is 9.77. The second-order valence-electron chi connectivity index (χ2n) is 7.10. The van der Waals surface area contributed by atoms with Gasteiger partial charge in [-0.15, -0.1) is 0 Å². The maximum absolute atomic E-state index is 11.0. The van der Waals surface area contributed by atoms with Crippen LogP contribution in [-0.2, 0) is 11.2 Å². The van der Waals surface area contributed by atoms with E-state index in [1.807, 2.05) is 18.2 Å². The topological polar surface area (TPSA) is 82.5 Å². The Morgan fingerprint density at radius 3 is 2.38 bits per heavy atom. The molecule has 1 unspecified atom stereocenters. The minimum absolute atomic E-state index is 0.100. The summed E-state index contributed by atoms with van der Waals surface area (Å²) in [5.41, 5.74) is 1.70. The fraction of sp³-hybridized carbons (Fsp3) is 0.409. The number of ether oxygens (including phenoxy) is 2. The summed E-state index contributed by atoms with van der Waals surface area (Å²) in [6, 6.07) is 15.0. The average Bonchev–Trinajstić information content (AvgIpc) is 2.73. The van der Waals surface area contributed by atoms with Crippen LogP contribution in [0.3, 0.4) is 0 Å². The molecule has 156 valence electrons. The van der Waals surface area contributed by atoms with Gasteiger partial charge in [0.25, 0.3) is 0 Å². The molecule has 0 amide bonds. The first kappa shape index (κ1) is 21.0. The van der Waals surface area contributed by atoms with Crippen molar-refractivity contribution >= 4 is 11.7 Å². The number of β-amino-alcohol motifs (C(OH)–C–C–N with tert-alkyl or cyclic N) is 1. The van der Waals surface area contributed by atoms with Crippen LogP contribution in [0.25, 0.3) is 0 Å². The van der Waals surface area contributed by atoms with Gasteiger partial charge >= 0.3 is 5.97 Å². The van der Waals surface area contributed by atoms with Crippen LogP contribution in [0.5, 0.6) is 11.5 Å². The van der Waals surface area contributed by atoms with E-state index in [1.54, 1.807) is 31.4 Å². The molecule has 7 heteroatoms. The predicted molar refractivity (Wildman–Crippen MR) is 111 cm³/mol. The SMILES string of the molecule is COc1ccccc1N1CCN(CC(O)COc2ccccc2CC(=O)O)CC1. The third-order valence-corrected chi connectivity index (χ3v) is 5.01. The molecule has 2 N–H and O–H groups in total. The maximum Gasteiger partial charge on any atom is 0.307 e. The molecule has 1 saturated heterocycles. The van der Waals surface area contributed by atoms with E-state index in [0.717, 1.165) is 37.6 Å². The molecular formula is C22H28N2O5. The third kappa shape index (κ3) is 5.85. The Morgan fingerprint density at radius 1 is 1.03 bits per heavy atom. The smallest absolute Gasteiger partial charge is 0.307 e. The van der Waals surface area contributed by atoms with Crippen LogP contribution in [0, 0.1) is 0 Å². The molecule has 0 radical (unpaired) electrons. The molecule has 0 bridgehead atoms. The summed E-state index contributed by atoms with van der Waals surface area (Å²) in [6.07, 6.45) is -0.748. The van der Waals surface area contributed by atoms with Crippen molar-refractivity contribution < 1.29 is 24.5 Å². The van der Waals surface area contributed by atoms with Crippen LogP contribution in [0.4, 0.5) is 5.69 Å². The molecule has 1 aliphatic heterocycles. The van der Waals surface area contributed by atoms with Crippen LogP contribution in [-0.4, -0.2) is 73.6 Å². The van der Waals surface area contributed by atoms with Crippen LogP contribution < -0.4 is 14.4 Å². The van der Waals surface area contributed by atoms with Gasteiger partial charge in [-0.1, -0.05) is 30.3 Å². The molecule has 1 aliphatic rings. The zero-order valence-corrected chi connectivity index (χ0v) is 16.7. The summed E-state index contributed by atoms with van der Waals surface area (Å²) >= 11 is 0. The van der Waals surface area contributed by atoms with Crippen molar-refractivity contribution in [3.05, 3.63) is 54.1 Å². The number of methoxy groups -OCH3 is 1. The van der Waals surface area contributed by atoms with Crippen LogP contribution in [0.1, 0.15) is 5.56 Å². The van der Waals surface area contributed by atoms with Crippen LogP contribution >= 0.6 is 0 Å². The van der Waals surface area contributed by atoms with Gasteiger partial charge in [0.1, 0.15) is 24.2 Å². The molecule has 0 saturated carbocycles. The van der Waals surface area contributed by atoms with Gasteiger partial charge < -0.3 is 24.6 Å². The molecule has 1 heterocycles. The van der Waals surface area contributed by atoms with E-state index in [1.165, 1.54) is 0 Å². The Bertz CT molecular complexity index is 805. The lowest BCUT2D eigenvalue weighted by molar-refractivity contribution is -0.136. The summed E-state index contributed by atoms with van der Waals surface area (Å²) in [5, 5.41) is 19.4. The maximum atomic E-state index is 11.0. The molecule has 3 rings (SSSR count). The van der Waals surface area contributed by atoms with Crippen molar-refractivity contribution in [1.29, 1.82) is 0 Å². The van der Waals surface area contributed by atoms with E-state index in [0.29, 0.717) is 17.9 Å². The molecule has 7 nitrogen and oxygen atoms in total. The van der Waals surface area contributed by atoms with Gasteiger partial charge in [0.15, 0.2) is 0 Å². The molecule has 2 aromatic rings. The molecular weight excluding hydrogens is 372 g/mol. The van der Waals surface area contributed by atoms with Crippen molar-refractivity contribution in [2.24, 2.45) is 0 Å². The van der Waals surface area contributed by atoms with Gasteiger partial charge in [0.05, 0.1) is 19.2 Å². The summed E-state index contributed by atoms with van der Waals surface area (Å²) in [7, 11) is 1.68. The van der Waals surface area contributed by atoms with Gasteiger partial charge in [0.2, 0.25) is 0 Å². The number of anilines is 1. The fourth-order valence-corrected chi connectivity index (χ4v) is 3.55. The van der Waals surface area contributed by atoms with Crippen molar-refractivity contribution in [2.75, 3.05) is 51.3 Å². The quantitative estimate of drug-likeness (QED) is 0.665. The number of para-hydroxylation sites is 3. The number of rotatable bonds is 9. The number of carbonyl (C=O) groups is 1. The van der Waals surface area contributed by atoms with Gasteiger partial charge in [-0.3, -0.25) is 9.69 Å². The Labute approximate surface area is 171 Å². The lowest BCUT2D eigenvalue weighted by Gasteiger charge is -2.37. The zero-order chi connectivity index (χ0) is 20.6. The normalized spacial score (nSPS) is 15.7. The zero-order valence-electron chi connectivity index (χ0n) is 16.7. The minimum atomic E-state index is -0.908. The highest BCUT2D eigenvalue weighted by Crippen LogP contribution is 2.28. The Hall–Kier alpha value is -2.77. The number of aliphatic hydroxyl groups excluding tert-OH is 1. The van der Waals surface area contributed by atoms with Gasteiger partial charge in [-0.05, 0) is 18.2 Å². The number of hydrogen-bond donors (Lipinski definition) is 2. The van der Waals surface area contributed by atoms with E-state index >= 15 is 0 Å². The van der Waals surface area contributed by atoms with E-state index in [9.17, 15) is 9.90 Å². The van der Waals surface area contributed by atoms with Crippen molar-refractivity contribution in [3.8, 4) is 11.5 Å². The van der Waals surface area contributed by atoms with Gasteiger partial charge in [-0.25, -0.2) is 0 Å². The Balaban J connectivity index is 1.47. The van der Waals surface area contributed by atoms with E-state index in [4.69, 9.17) is 14.6 Å². The number of benzene rings is 2. The number of carboxylic acid groups (broad SMARTS) is 1. The predicted octanol–water partition coefficient (Wildman–Crippen LogP) is 1.88. The standard InChI is InChI=1S/C22H28N2O5/c1-28-21-9-5-3-7-19(21)24-12-10-23(11-13-24)15-18(25)16-29-20-8-4-2-6-17(20)14-22(26)27/h2-9,18,25H,10-16H2,1H3,(H,26,27). The number of carboxylic acids is 1. The monoisotopic (exact) mass is 400 g/mol. The van der Waals surface area contributed by atoms with E-state index < -0.39 is 12.1 Å². The number of nitrogens with zero attached hydrogens (tertiary/aromatic N) is 2. The lowest BCUT2D eigenvalue weighted by Crippen LogP contribution is -2.49.